The fraction of sp³-hybridized carbons (Fsp3) is 0.545. The minimum atomic E-state index is -3.93. The lowest BCUT2D eigenvalue weighted by molar-refractivity contribution is -0.150. The molecule has 0 aliphatic carbocycles. The molecule has 0 N–H and O–H groups in total. The van der Waals surface area contributed by atoms with Crippen LogP contribution in [0.4, 0.5) is 5.69 Å². The molecule has 0 saturated carbocycles. The lowest BCUT2D eigenvalue weighted by atomic mass is 9.88. The number of ether oxygens (including phenoxy) is 1. The number of nitrogens with zero attached hydrogens (tertiary/aromatic N) is 2. The summed E-state index contributed by atoms with van der Waals surface area (Å²) in [6, 6.07) is 5.33. The van der Waals surface area contributed by atoms with Crippen molar-refractivity contribution in [1.29, 1.82) is 0 Å². The van der Waals surface area contributed by atoms with Gasteiger partial charge in [0.1, 0.15) is 12.0 Å². The van der Waals surface area contributed by atoms with Gasteiger partial charge in [0.2, 0.25) is 0 Å². The average molecular weight is 451 g/mol. The van der Waals surface area contributed by atoms with Crippen molar-refractivity contribution in [3.05, 3.63) is 35.4 Å². The number of fused-ring (bicyclic) bond motifs is 1. The standard InChI is InChI=1S/C22H30N2O6S/c1-5-24-20-7-6-16(14-25)12-19(20)18(13-22(24,2)3)15-31(27,28)30-23-10-8-17(9-11-23)21(26)29-4/h6-7,12-14,17H,5,8-11,15H2,1-4H3. The molecule has 0 unspecified atom stereocenters. The summed E-state index contributed by atoms with van der Waals surface area (Å²) in [6.45, 7) is 7.49. The number of methoxy groups -OCH3 is 1. The highest BCUT2D eigenvalue weighted by Crippen LogP contribution is 2.40. The minimum absolute atomic E-state index is 0.233. The predicted molar refractivity (Wildman–Crippen MR) is 118 cm³/mol. The molecule has 2 aliphatic rings. The van der Waals surface area contributed by atoms with Crippen LogP contribution >= 0.6 is 0 Å². The van der Waals surface area contributed by atoms with Gasteiger partial charge in [-0.2, -0.15) is 17.8 Å². The Balaban J connectivity index is 1.80. The van der Waals surface area contributed by atoms with Crippen LogP contribution in [0.15, 0.2) is 24.3 Å². The molecule has 170 valence electrons. The topological polar surface area (TPSA) is 93.2 Å². The number of rotatable bonds is 7. The third kappa shape index (κ3) is 5.16. The van der Waals surface area contributed by atoms with E-state index in [1.165, 1.54) is 12.2 Å². The Kier molecular flexibility index (Phi) is 6.88. The molecule has 0 spiro atoms. The van der Waals surface area contributed by atoms with Crippen LogP contribution in [0.25, 0.3) is 5.57 Å². The summed E-state index contributed by atoms with van der Waals surface area (Å²) in [7, 11) is -2.58. The van der Waals surface area contributed by atoms with Gasteiger partial charge in [0.25, 0.3) is 10.1 Å². The lowest BCUT2D eigenvalue weighted by Gasteiger charge is -2.43. The summed E-state index contributed by atoms with van der Waals surface area (Å²) in [5.41, 5.74) is 2.32. The number of likely N-dealkylation sites (N-methyl/N-ethyl adjacent to an activating group) is 1. The van der Waals surface area contributed by atoms with E-state index >= 15 is 0 Å². The molecule has 2 heterocycles. The smallest absolute Gasteiger partial charge is 0.308 e. The van der Waals surface area contributed by atoms with E-state index in [4.69, 9.17) is 9.02 Å². The highest BCUT2D eigenvalue weighted by molar-refractivity contribution is 7.87. The Labute approximate surface area is 183 Å². The monoisotopic (exact) mass is 450 g/mol. The summed E-state index contributed by atoms with van der Waals surface area (Å²) in [5.74, 6) is -0.816. The van der Waals surface area contributed by atoms with E-state index in [0.717, 1.165) is 24.1 Å². The van der Waals surface area contributed by atoms with E-state index < -0.39 is 15.7 Å². The predicted octanol–water partition coefficient (Wildman–Crippen LogP) is 2.65. The number of hydroxylamine groups is 2. The summed E-state index contributed by atoms with van der Waals surface area (Å²) in [6.07, 6.45) is 3.64. The number of carbonyl (C=O) groups is 2. The van der Waals surface area contributed by atoms with Gasteiger partial charge in [0, 0.05) is 36.4 Å². The first-order valence-electron chi connectivity index (χ1n) is 10.4. The second-order valence-electron chi connectivity index (χ2n) is 8.46. The number of esters is 1. The maximum absolute atomic E-state index is 12.9. The summed E-state index contributed by atoms with van der Waals surface area (Å²) in [5, 5.41) is 1.39. The molecule has 1 aromatic rings. The zero-order valence-corrected chi connectivity index (χ0v) is 19.3. The number of hydrogen-bond donors (Lipinski definition) is 0. The van der Waals surface area contributed by atoms with Crippen LogP contribution in [-0.4, -0.2) is 63.8 Å². The van der Waals surface area contributed by atoms with Gasteiger partial charge in [-0.15, -0.1) is 0 Å². The van der Waals surface area contributed by atoms with Crippen molar-refractivity contribution in [3.8, 4) is 0 Å². The fourth-order valence-corrected chi connectivity index (χ4v) is 5.56. The molecular weight excluding hydrogens is 420 g/mol. The number of anilines is 1. The maximum atomic E-state index is 12.9. The molecule has 0 aromatic heterocycles. The SMILES string of the molecule is CCN1c2ccc(C=O)cc2C(CS(=O)(=O)ON2CCC(C(=O)OC)CC2)=CC1(C)C. The van der Waals surface area contributed by atoms with Crippen LogP contribution in [0.3, 0.4) is 0 Å². The molecule has 3 rings (SSSR count). The Bertz CT molecular complexity index is 978. The molecule has 2 aliphatic heterocycles. The Morgan fingerprint density at radius 1 is 1.26 bits per heavy atom. The van der Waals surface area contributed by atoms with E-state index in [0.29, 0.717) is 37.1 Å². The van der Waals surface area contributed by atoms with E-state index in [1.54, 1.807) is 12.1 Å². The van der Waals surface area contributed by atoms with E-state index in [-0.39, 0.29) is 17.6 Å². The van der Waals surface area contributed by atoms with Crippen LogP contribution in [0.1, 0.15) is 49.5 Å². The molecule has 0 atom stereocenters. The number of aldehydes is 1. The Morgan fingerprint density at radius 2 is 1.94 bits per heavy atom. The fourth-order valence-electron chi connectivity index (χ4n) is 4.42. The Morgan fingerprint density at radius 3 is 2.52 bits per heavy atom. The molecule has 31 heavy (non-hydrogen) atoms. The van der Waals surface area contributed by atoms with E-state index in [1.807, 2.05) is 32.9 Å². The van der Waals surface area contributed by atoms with Crippen molar-refractivity contribution in [2.24, 2.45) is 5.92 Å². The second kappa shape index (κ2) is 9.10. The van der Waals surface area contributed by atoms with Crippen LogP contribution in [0.5, 0.6) is 0 Å². The second-order valence-corrected chi connectivity index (χ2v) is 10.0. The quantitative estimate of drug-likeness (QED) is 0.462. The van der Waals surface area contributed by atoms with Gasteiger partial charge < -0.3 is 9.64 Å². The average Bonchev–Trinajstić information content (AvgIpc) is 2.72. The molecule has 8 nitrogen and oxygen atoms in total. The van der Waals surface area contributed by atoms with Crippen molar-refractivity contribution < 1.29 is 27.0 Å². The highest BCUT2D eigenvalue weighted by atomic mass is 32.2. The highest BCUT2D eigenvalue weighted by Gasteiger charge is 2.34. The zero-order valence-electron chi connectivity index (χ0n) is 18.5. The molecule has 0 radical (unpaired) electrons. The minimum Gasteiger partial charge on any atom is -0.469 e. The number of hydrogen-bond acceptors (Lipinski definition) is 8. The third-order valence-corrected chi connectivity index (χ3v) is 6.97. The first kappa shape index (κ1) is 23.4. The van der Waals surface area contributed by atoms with Crippen molar-refractivity contribution in [2.75, 3.05) is 37.4 Å². The first-order valence-corrected chi connectivity index (χ1v) is 12.0. The third-order valence-electron chi connectivity index (χ3n) is 5.87. The summed E-state index contributed by atoms with van der Waals surface area (Å²) in [4.78, 5) is 25.1. The van der Waals surface area contributed by atoms with Crippen LogP contribution < -0.4 is 4.90 Å². The zero-order chi connectivity index (χ0) is 22.8. The van der Waals surface area contributed by atoms with E-state index in [2.05, 4.69) is 4.90 Å². The normalized spacial score (nSPS) is 19.5. The largest absolute Gasteiger partial charge is 0.469 e. The van der Waals surface area contributed by atoms with Gasteiger partial charge in [-0.25, -0.2) is 0 Å². The molecule has 1 aromatic carbocycles. The number of carbonyl (C=O) groups excluding carboxylic acids is 2. The number of piperidine rings is 1. The van der Waals surface area contributed by atoms with Crippen molar-refractivity contribution in [2.45, 2.75) is 39.2 Å². The molecule has 0 bridgehead atoms. The molecule has 1 saturated heterocycles. The molecule has 0 amide bonds. The van der Waals surface area contributed by atoms with Crippen molar-refractivity contribution >= 4 is 33.6 Å². The van der Waals surface area contributed by atoms with Crippen LogP contribution in [-0.2, 0) is 23.9 Å². The van der Waals surface area contributed by atoms with Crippen molar-refractivity contribution in [1.82, 2.24) is 5.06 Å². The van der Waals surface area contributed by atoms with Crippen LogP contribution in [0, 0.1) is 5.92 Å². The van der Waals surface area contributed by atoms with Crippen LogP contribution in [0.2, 0.25) is 0 Å². The lowest BCUT2D eigenvalue weighted by Crippen LogP contribution is -2.45. The van der Waals surface area contributed by atoms with E-state index in [9.17, 15) is 18.0 Å². The maximum Gasteiger partial charge on any atom is 0.308 e. The van der Waals surface area contributed by atoms with Gasteiger partial charge in [-0.05, 0) is 57.4 Å². The molecule has 9 heteroatoms. The van der Waals surface area contributed by atoms with Gasteiger partial charge in [0.15, 0.2) is 0 Å². The van der Waals surface area contributed by atoms with Gasteiger partial charge in [0.05, 0.1) is 18.6 Å². The summed E-state index contributed by atoms with van der Waals surface area (Å²) >= 11 is 0. The first-order chi connectivity index (χ1) is 14.6. The van der Waals surface area contributed by atoms with Crippen molar-refractivity contribution in [3.63, 3.8) is 0 Å². The summed E-state index contributed by atoms with van der Waals surface area (Å²) < 4.78 is 35.9. The molecule has 1 fully saturated rings. The number of benzene rings is 1. The van der Waals surface area contributed by atoms with Gasteiger partial charge in [-0.3, -0.25) is 9.59 Å². The van der Waals surface area contributed by atoms with Gasteiger partial charge >= 0.3 is 5.97 Å². The molecular formula is C22H30N2O6S. The Hall–Kier alpha value is -2.23. The van der Waals surface area contributed by atoms with Gasteiger partial charge in [-0.1, -0.05) is 6.08 Å².